The molecule has 0 fully saturated rings. The van der Waals surface area contributed by atoms with Gasteiger partial charge in [0.15, 0.2) is 0 Å². The number of nitro groups is 1. The second-order valence-electron chi connectivity index (χ2n) is 14.4. The fourth-order valence-electron chi connectivity index (χ4n) is 6.12. The monoisotopic (exact) mass is 837 g/mol. The average Bonchev–Trinajstić information content (AvgIpc) is 3.27. The zero-order chi connectivity index (χ0) is 44.6. The van der Waals surface area contributed by atoms with Crippen molar-refractivity contribution in [2.45, 2.75) is 86.0 Å². The summed E-state index contributed by atoms with van der Waals surface area (Å²) in [5.41, 5.74) is 2.85. The van der Waals surface area contributed by atoms with Crippen LogP contribution < -0.4 is 14.4 Å². The normalized spacial score (nSPS) is 12.1. The number of hydrogen-bond donors (Lipinski definition) is 0. The zero-order valence-corrected chi connectivity index (χ0v) is 36.1. The van der Waals surface area contributed by atoms with Gasteiger partial charge in [0.1, 0.15) is 47.8 Å². The van der Waals surface area contributed by atoms with Crippen molar-refractivity contribution in [3.05, 3.63) is 95.1 Å². The second-order valence-corrected chi connectivity index (χ2v) is 14.4. The SMILES string of the molecule is C=CC(=O)OCCN(CCOC(=O)C=C)c1ccc(N=Nc2cc(OCC(CC)CCCC)c(N=Nc3ccc([N+](=O)[O-])cc3C#N)cc2OCC(CC)CCCC)c(C)c1. The van der Waals surface area contributed by atoms with E-state index in [2.05, 4.69) is 56.2 Å². The van der Waals surface area contributed by atoms with Gasteiger partial charge >= 0.3 is 11.9 Å². The Labute approximate surface area is 359 Å². The smallest absolute Gasteiger partial charge is 0.330 e. The first-order valence-electron chi connectivity index (χ1n) is 20.9. The molecular formula is C46H59N7O8. The second kappa shape index (κ2) is 26.6. The molecule has 3 aromatic carbocycles. The molecule has 0 bridgehead atoms. The van der Waals surface area contributed by atoms with E-state index >= 15 is 0 Å². The van der Waals surface area contributed by atoms with E-state index in [1.54, 1.807) is 12.1 Å². The molecule has 3 rings (SSSR count). The highest BCUT2D eigenvalue weighted by Gasteiger charge is 2.18. The molecule has 15 nitrogen and oxygen atoms in total. The van der Waals surface area contributed by atoms with Crippen LogP contribution in [0.5, 0.6) is 11.5 Å². The van der Waals surface area contributed by atoms with Crippen molar-refractivity contribution in [3.63, 3.8) is 0 Å². The van der Waals surface area contributed by atoms with Crippen LogP contribution in [0.15, 0.2) is 94.3 Å². The van der Waals surface area contributed by atoms with Crippen molar-refractivity contribution in [2.75, 3.05) is 44.4 Å². The number of aryl methyl sites for hydroxylation is 1. The van der Waals surface area contributed by atoms with Gasteiger partial charge in [-0.15, -0.1) is 15.3 Å². The van der Waals surface area contributed by atoms with Crippen molar-refractivity contribution in [2.24, 2.45) is 32.3 Å². The Hall–Kier alpha value is -6.43. The maximum atomic E-state index is 11.7. The number of ether oxygens (including phenoxy) is 4. The minimum absolute atomic E-state index is 0.00593. The molecule has 0 heterocycles. The molecule has 0 aliphatic rings. The number of carbonyl (C=O) groups excluding carboxylic acids is 2. The van der Waals surface area contributed by atoms with Crippen molar-refractivity contribution in [3.8, 4) is 17.6 Å². The van der Waals surface area contributed by atoms with Crippen LogP contribution >= 0.6 is 0 Å². The zero-order valence-electron chi connectivity index (χ0n) is 36.1. The number of anilines is 1. The topological polar surface area (TPSA) is 191 Å². The Balaban J connectivity index is 2.10. The lowest BCUT2D eigenvalue weighted by molar-refractivity contribution is -0.384. The molecule has 0 aliphatic carbocycles. The highest BCUT2D eigenvalue weighted by atomic mass is 16.6. The summed E-state index contributed by atoms with van der Waals surface area (Å²) in [6.07, 6.45) is 10.3. The molecule has 0 aromatic heterocycles. The first-order valence-corrected chi connectivity index (χ1v) is 20.9. The lowest BCUT2D eigenvalue weighted by Crippen LogP contribution is -2.32. The van der Waals surface area contributed by atoms with E-state index < -0.39 is 16.9 Å². The number of carbonyl (C=O) groups is 2. The number of rotatable bonds is 28. The third-order valence-electron chi connectivity index (χ3n) is 10.0. The van der Waals surface area contributed by atoms with E-state index in [0.717, 1.165) is 74.8 Å². The molecule has 0 radical (unpaired) electrons. The number of benzene rings is 3. The third kappa shape index (κ3) is 16.3. The molecule has 61 heavy (non-hydrogen) atoms. The van der Waals surface area contributed by atoms with Crippen LogP contribution in [0.1, 0.15) is 90.2 Å². The molecule has 0 N–H and O–H groups in total. The van der Waals surface area contributed by atoms with E-state index in [-0.39, 0.29) is 30.2 Å². The van der Waals surface area contributed by atoms with Gasteiger partial charge in [-0.05, 0) is 61.4 Å². The summed E-state index contributed by atoms with van der Waals surface area (Å²) in [7, 11) is 0. The quantitative estimate of drug-likeness (QED) is 0.0223. The Bertz CT molecular complexity index is 2020. The molecule has 2 atom stereocenters. The number of azo groups is 2. The molecule has 0 aliphatic heterocycles. The van der Waals surface area contributed by atoms with Crippen LogP contribution in [-0.2, 0) is 19.1 Å². The first kappa shape index (κ1) is 48.9. The van der Waals surface area contributed by atoms with Crippen molar-refractivity contribution >= 4 is 46.1 Å². The van der Waals surface area contributed by atoms with Gasteiger partial charge in [-0.3, -0.25) is 10.1 Å². The molecule has 2 unspecified atom stereocenters. The highest BCUT2D eigenvalue weighted by Crippen LogP contribution is 2.43. The van der Waals surface area contributed by atoms with Gasteiger partial charge in [-0.2, -0.15) is 10.4 Å². The predicted molar refractivity (Wildman–Crippen MR) is 236 cm³/mol. The molecule has 0 spiro atoms. The molecule has 0 saturated carbocycles. The van der Waals surface area contributed by atoms with Gasteiger partial charge in [0, 0.05) is 42.1 Å². The minimum atomic E-state index is -0.569. The maximum absolute atomic E-state index is 11.7. The van der Waals surface area contributed by atoms with Gasteiger partial charge in [0.25, 0.3) is 5.69 Å². The highest BCUT2D eigenvalue weighted by molar-refractivity contribution is 5.81. The van der Waals surface area contributed by atoms with Gasteiger partial charge in [0.2, 0.25) is 0 Å². The van der Waals surface area contributed by atoms with Crippen LogP contribution in [0.2, 0.25) is 0 Å². The van der Waals surface area contributed by atoms with Crippen molar-refractivity contribution in [1.29, 1.82) is 5.26 Å². The molecular weight excluding hydrogens is 779 g/mol. The van der Waals surface area contributed by atoms with Gasteiger partial charge < -0.3 is 23.8 Å². The molecule has 15 heteroatoms. The Morgan fingerprint density at radius 2 is 1.26 bits per heavy atom. The average molecular weight is 838 g/mol. The van der Waals surface area contributed by atoms with Crippen LogP contribution in [-0.4, -0.2) is 56.4 Å². The van der Waals surface area contributed by atoms with E-state index in [4.69, 9.17) is 24.1 Å². The summed E-state index contributed by atoms with van der Waals surface area (Å²) >= 11 is 0. The van der Waals surface area contributed by atoms with Crippen LogP contribution in [0.4, 0.5) is 34.1 Å². The summed E-state index contributed by atoms with van der Waals surface area (Å²) in [6.45, 7) is 19.0. The van der Waals surface area contributed by atoms with E-state index in [0.29, 0.717) is 66.7 Å². The number of non-ortho nitro benzene ring substituents is 1. The van der Waals surface area contributed by atoms with E-state index in [1.165, 1.54) is 18.2 Å². The molecule has 326 valence electrons. The fraction of sp³-hybridized carbons (Fsp3) is 0.457. The summed E-state index contributed by atoms with van der Waals surface area (Å²) in [6, 6.07) is 14.8. The summed E-state index contributed by atoms with van der Waals surface area (Å²) in [5, 5.41) is 39.3. The summed E-state index contributed by atoms with van der Waals surface area (Å²) < 4.78 is 23.4. The summed E-state index contributed by atoms with van der Waals surface area (Å²) in [5.74, 6) is 0.303. The van der Waals surface area contributed by atoms with Gasteiger partial charge in [-0.25, -0.2) is 9.59 Å². The largest absolute Gasteiger partial charge is 0.491 e. The Kier molecular flexibility index (Phi) is 21.4. The number of unbranched alkanes of at least 4 members (excludes halogenated alkanes) is 2. The number of nitrogens with zero attached hydrogens (tertiary/aromatic N) is 7. The van der Waals surface area contributed by atoms with E-state index in [9.17, 15) is 25.0 Å². The fourth-order valence-corrected chi connectivity index (χ4v) is 6.12. The maximum Gasteiger partial charge on any atom is 0.330 e. The molecule has 3 aromatic rings. The minimum Gasteiger partial charge on any atom is -0.491 e. The van der Waals surface area contributed by atoms with Gasteiger partial charge in [0.05, 0.1) is 42.5 Å². The van der Waals surface area contributed by atoms with Crippen LogP contribution in [0, 0.1) is 40.2 Å². The van der Waals surface area contributed by atoms with Crippen LogP contribution in [0.3, 0.4) is 0 Å². The lowest BCUT2D eigenvalue weighted by Gasteiger charge is -2.25. The summed E-state index contributed by atoms with van der Waals surface area (Å²) in [4.78, 5) is 36.1. The molecule has 0 saturated heterocycles. The molecule has 0 amide bonds. The van der Waals surface area contributed by atoms with E-state index in [1.807, 2.05) is 36.1 Å². The van der Waals surface area contributed by atoms with Crippen molar-refractivity contribution < 1.29 is 33.5 Å². The number of esters is 2. The lowest BCUT2D eigenvalue weighted by atomic mass is 10.0. The number of nitro benzene ring substituents is 1. The third-order valence-corrected chi connectivity index (χ3v) is 10.0. The predicted octanol–water partition coefficient (Wildman–Crippen LogP) is 12.1. The number of nitriles is 1. The van der Waals surface area contributed by atoms with Crippen molar-refractivity contribution in [1.82, 2.24) is 0 Å². The Morgan fingerprint density at radius 3 is 1.70 bits per heavy atom. The Morgan fingerprint density at radius 1 is 0.770 bits per heavy atom. The first-order chi connectivity index (χ1) is 29.5. The standard InChI is InChI=1S/C46H59N7O8/c1-8-14-16-34(10-3)31-60-43-29-42(51-49-40-21-19-38(53(56)57)27-36(40)30-47)44(61-32-35(11-4)17-15-9-2)28-41(43)50-48-39-20-18-37(26-33(39)7)52(22-24-58-45(54)12-5)23-25-59-46(55)13-6/h12-13,18-21,26-29,34-35H,5-6,8-11,14-17,22-25,31-32H2,1-4,7H3. The number of hydrogen-bond acceptors (Lipinski definition) is 14. The van der Waals surface area contributed by atoms with Gasteiger partial charge in [-0.1, -0.05) is 79.4 Å². The van der Waals surface area contributed by atoms with Crippen LogP contribution in [0.25, 0.3) is 0 Å².